The smallest absolute Gasteiger partial charge is 0.143 e. The van der Waals surface area contributed by atoms with Gasteiger partial charge in [-0.2, -0.15) is 0 Å². The van der Waals surface area contributed by atoms with Crippen LogP contribution in [-0.4, -0.2) is 11.5 Å². The van der Waals surface area contributed by atoms with Gasteiger partial charge in [-0.1, -0.05) is 13.0 Å². The van der Waals surface area contributed by atoms with Gasteiger partial charge in [-0.15, -0.1) is 0 Å². The fourth-order valence-electron chi connectivity index (χ4n) is 2.36. The molecule has 1 aromatic carbocycles. The van der Waals surface area contributed by atoms with Gasteiger partial charge in [-0.3, -0.25) is 4.98 Å². The summed E-state index contributed by atoms with van der Waals surface area (Å²) in [6, 6.07) is 6.25. The Kier molecular flexibility index (Phi) is 5.42. The summed E-state index contributed by atoms with van der Waals surface area (Å²) in [6.07, 6.45) is 1.94. The molecule has 2 nitrogen and oxygen atoms in total. The van der Waals surface area contributed by atoms with Crippen LogP contribution in [0.15, 0.2) is 34.9 Å². The van der Waals surface area contributed by atoms with Crippen molar-refractivity contribution in [1.82, 2.24) is 10.3 Å². The number of hydrogen-bond donors (Lipinski definition) is 1. The second-order valence-corrected chi connectivity index (χ2v) is 5.67. The third kappa shape index (κ3) is 3.66. The van der Waals surface area contributed by atoms with E-state index in [1.165, 1.54) is 12.1 Å². The summed E-state index contributed by atoms with van der Waals surface area (Å²) in [5, 5.41) is 3.27. The van der Waals surface area contributed by atoms with Gasteiger partial charge in [0.15, 0.2) is 0 Å². The van der Waals surface area contributed by atoms with E-state index in [1.807, 2.05) is 26.0 Å². The normalized spacial score (nSPS) is 12.4. The Morgan fingerprint density at radius 1 is 1.29 bits per heavy atom. The summed E-state index contributed by atoms with van der Waals surface area (Å²) in [4.78, 5) is 4.25. The highest BCUT2D eigenvalue weighted by atomic mass is 79.9. The minimum absolute atomic E-state index is 0.0820. The van der Waals surface area contributed by atoms with Crippen LogP contribution in [0.4, 0.5) is 8.78 Å². The van der Waals surface area contributed by atoms with Crippen LogP contribution in [0.3, 0.4) is 0 Å². The number of halogens is 3. The van der Waals surface area contributed by atoms with Gasteiger partial charge in [0.25, 0.3) is 0 Å². The molecule has 0 bridgehead atoms. The summed E-state index contributed by atoms with van der Waals surface area (Å²) >= 11 is 3.11. The second-order valence-electron chi connectivity index (χ2n) is 4.81. The molecule has 0 fully saturated rings. The quantitative estimate of drug-likeness (QED) is 0.808. The predicted molar refractivity (Wildman–Crippen MR) is 83.2 cm³/mol. The van der Waals surface area contributed by atoms with Crippen molar-refractivity contribution in [3.63, 3.8) is 0 Å². The van der Waals surface area contributed by atoms with Gasteiger partial charge in [0.2, 0.25) is 0 Å². The molecule has 21 heavy (non-hydrogen) atoms. The number of aryl methyl sites for hydroxylation is 1. The van der Waals surface area contributed by atoms with Gasteiger partial charge in [0.1, 0.15) is 11.6 Å². The van der Waals surface area contributed by atoms with E-state index < -0.39 is 11.6 Å². The topological polar surface area (TPSA) is 24.9 Å². The highest BCUT2D eigenvalue weighted by Gasteiger charge is 2.20. The number of nitrogens with one attached hydrogen (secondary N) is 1. The van der Waals surface area contributed by atoms with Gasteiger partial charge in [0, 0.05) is 23.5 Å². The van der Waals surface area contributed by atoms with E-state index in [4.69, 9.17) is 0 Å². The molecule has 2 rings (SSSR count). The highest BCUT2D eigenvalue weighted by Crippen LogP contribution is 2.27. The predicted octanol–water partition coefficient (Wildman–Crippen LogP) is 4.32. The lowest BCUT2D eigenvalue weighted by Crippen LogP contribution is -2.25. The SMILES string of the molecule is CCNC(Cc1c(F)ccc(Br)c1F)c1cccnc1C. The zero-order chi connectivity index (χ0) is 15.4. The van der Waals surface area contributed by atoms with Crippen LogP contribution in [0.1, 0.15) is 29.8 Å². The van der Waals surface area contributed by atoms with E-state index in [-0.39, 0.29) is 22.5 Å². The van der Waals surface area contributed by atoms with E-state index in [9.17, 15) is 8.78 Å². The van der Waals surface area contributed by atoms with Crippen molar-refractivity contribution in [3.8, 4) is 0 Å². The van der Waals surface area contributed by atoms with Crippen LogP contribution in [0.25, 0.3) is 0 Å². The molecule has 0 aliphatic rings. The van der Waals surface area contributed by atoms with Crippen molar-refractivity contribution >= 4 is 15.9 Å². The van der Waals surface area contributed by atoms with Crippen LogP contribution >= 0.6 is 15.9 Å². The summed E-state index contributed by atoms with van der Waals surface area (Å²) in [5.41, 5.74) is 1.90. The molecule has 1 aromatic heterocycles. The first-order chi connectivity index (χ1) is 10.0. The third-order valence-corrected chi connectivity index (χ3v) is 4.03. The Bertz CT molecular complexity index is 632. The summed E-state index contributed by atoms with van der Waals surface area (Å²) < 4.78 is 28.4. The summed E-state index contributed by atoms with van der Waals surface area (Å²) in [6.45, 7) is 4.57. The largest absolute Gasteiger partial charge is 0.310 e. The number of hydrogen-bond acceptors (Lipinski definition) is 2. The molecule has 5 heteroatoms. The highest BCUT2D eigenvalue weighted by molar-refractivity contribution is 9.10. The summed E-state index contributed by atoms with van der Waals surface area (Å²) in [7, 11) is 0. The van der Waals surface area contributed by atoms with Crippen LogP contribution in [0, 0.1) is 18.6 Å². The van der Waals surface area contributed by atoms with Crippen molar-refractivity contribution in [3.05, 3.63) is 63.4 Å². The van der Waals surface area contributed by atoms with Gasteiger partial charge in [0.05, 0.1) is 4.47 Å². The van der Waals surface area contributed by atoms with E-state index in [0.717, 1.165) is 11.3 Å². The van der Waals surface area contributed by atoms with Gasteiger partial charge in [-0.25, -0.2) is 8.78 Å². The molecule has 2 aromatic rings. The van der Waals surface area contributed by atoms with Gasteiger partial charge >= 0.3 is 0 Å². The van der Waals surface area contributed by atoms with E-state index in [2.05, 4.69) is 26.2 Å². The molecular weight excluding hydrogens is 338 g/mol. The average molecular weight is 355 g/mol. The van der Waals surface area contributed by atoms with Gasteiger partial charge < -0.3 is 5.32 Å². The molecule has 1 heterocycles. The maximum Gasteiger partial charge on any atom is 0.143 e. The summed E-state index contributed by atoms with van der Waals surface area (Å²) in [5.74, 6) is -1.07. The first-order valence-corrected chi connectivity index (χ1v) is 7.61. The van der Waals surface area contributed by atoms with Crippen molar-refractivity contribution in [1.29, 1.82) is 0 Å². The van der Waals surface area contributed by atoms with E-state index in [1.54, 1.807) is 6.20 Å². The molecule has 0 amide bonds. The average Bonchev–Trinajstić information content (AvgIpc) is 2.47. The monoisotopic (exact) mass is 354 g/mol. The van der Waals surface area contributed by atoms with Crippen molar-refractivity contribution < 1.29 is 8.78 Å². The Hall–Kier alpha value is -1.33. The maximum absolute atomic E-state index is 14.1. The Labute approximate surface area is 131 Å². The molecule has 0 saturated carbocycles. The van der Waals surface area contributed by atoms with Crippen LogP contribution in [0.2, 0.25) is 0 Å². The lowest BCUT2D eigenvalue weighted by molar-refractivity contribution is 0.495. The van der Waals surface area contributed by atoms with E-state index >= 15 is 0 Å². The minimum atomic E-state index is -0.542. The minimum Gasteiger partial charge on any atom is -0.310 e. The first kappa shape index (κ1) is 16.0. The molecule has 0 aliphatic heterocycles. The van der Waals surface area contributed by atoms with Crippen molar-refractivity contribution in [2.24, 2.45) is 0 Å². The molecule has 0 radical (unpaired) electrons. The Balaban J connectivity index is 2.38. The maximum atomic E-state index is 14.1. The first-order valence-electron chi connectivity index (χ1n) is 6.81. The van der Waals surface area contributed by atoms with Crippen molar-refractivity contribution in [2.45, 2.75) is 26.3 Å². The molecule has 0 spiro atoms. The molecule has 0 aliphatic carbocycles. The lowest BCUT2D eigenvalue weighted by atomic mass is 9.97. The van der Waals surface area contributed by atoms with E-state index in [0.29, 0.717) is 6.54 Å². The molecular formula is C16H17BrF2N2. The van der Waals surface area contributed by atoms with Crippen LogP contribution in [0.5, 0.6) is 0 Å². The number of pyridine rings is 1. The number of likely N-dealkylation sites (N-methyl/N-ethyl adjacent to an activating group) is 1. The Morgan fingerprint density at radius 2 is 2.05 bits per heavy atom. The molecule has 1 unspecified atom stereocenters. The Morgan fingerprint density at radius 3 is 2.71 bits per heavy atom. The van der Waals surface area contributed by atoms with Gasteiger partial charge in [-0.05, 0) is 59.6 Å². The number of nitrogens with zero attached hydrogens (tertiary/aromatic N) is 1. The van der Waals surface area contributed by atoms with Crippen LogP contribution < -0.4 is 5.32 Å². The fourth-order valence-corrected chi connectivity index (χ4v) is 2.74. The molecule has 112 valence electrons. The standard InChI is InChI=1S/C16H17BrF2N2/c1-3-20-15(11-5-4-8-21-10(11)2)9-12-14(18)7-6-13(17)16(12)19/h4-8,15,20H,3,9H2,1-2H3. The molecule has 1 atom stereocenters. The lowest BCUT2D eigenvalue weighted by Gasteiger charge is -2.20. The fraction of sp³-hybridized carbons (Fsp3) is 0.312. The zero-order valence-electron chi connectivity index (χ0n) is 12.0. The second kappa shape index (κ2) is 7.09. The number of aromatic nitrogens is 1. The number of benzene rings is 1. The van der Waals surface area contributed by atoms with Crippen molar-refractivity contribution in [2.75, 3.05) is 6.54 Å². The molecule has 0 saturated heterocycles. The third-order valence-electron chi connectivity index (χ3n) is 3.42. The molecule has 1 N–H and O–H groups in total. The van der Waals surface area contributed by atoms with Crippen LogP contribution in [-0.2, 0) is 6.42 Å². The number of rotatable bonds is 5. The zero-order valence-corrected chi connectivity index (χ0v) is 13.5.